The summed E-state index contributed by atoms with van der Waals surface area (Å²) in [7, 11) is -1.28. The van der Waals surface area contributed by atoms with Crippen LogP contribution < -0.4 is 0 Å². The molecule has 0 aliphatic carbocycles. The van der Waals surface area contributed by atoms with Crippen LogP contribution in [0.4, 0.5) is 8.78 Å². The standard InChI is InChI=1S/C6H13BrF2Si/c1-10(2,3)5-4-6(7,8)9/h4-5H2,1-3H3. The first-order valence-corrected chi connectivity index (χ1v) is 7.77. The molecule has 0 aliphatic heterocycles. The molecule has 0 heterocycles. The monoisotopic (exact) mass is 230 g/mol. The molecule has 0 fully saturated rings. The van der Waals surface area contributed by atoms with Gasteiger partial charge in [0.25, 0.3) is 0 Å². The molecule has 0 aromatic carbocycles. The summed E-state index contributed by atoms with van der Waals surface area (Å²) < 4.78 is 24.4. The van der Waals surface area contributed by atoms with Gasteiger partial charge in [0, 0.05) is 14.5 Å². The van der Waals surface area contributed by atoms with Crippen molar-refractivity contribution < 1.29 is 8.78 Å². The zero-order chi connectivity index (χ0) is 8.41. The van der Waals surface area contributed by atoms with Crippen molar-refractivity contribution in [3.63, 3.8) is 0 Å². The van der Waals surface area contributed by atoms with E-state index in [9.17, 15) is 8.78 Å². The molecule has 0 saturated carbocycles. The average molecular weight is 231 g/mol. The molecule has 62 valence electrons. The van der Waals surface area contributed by atoms with Crippen molar-refractivity contribution in [2.45, 2.75) is 36.9 Å². The highest BCUT2D eigenvalue weighted by Crippen LogP contribution is 2.30. The van der Waals surface area contributed by atoms with E-state index in [-0.39, 0.29) is 6.42 Å². The molecule has 0 bridgehead atoms. The molecule has 0 aliphatic rings. The van der Waals surface area contributed by atoms with Crippen LogP contribution in [0.5, 0.6) is 0 Å². The molecule has 0 rings (SSSR count). The Morgan fingerprint density at radius 1 is 1.30 bits per heavy atom. The van der Waals surface area contributed by atoms with Crippen molar-refractivity contribution in [1.29, 1.82) is 0 Å². The van der Waals surface area contributed by atoms with E-state index in [4.69, 9.17) is 0 Å². The molecule has 0 aromatic heterocycles. The molecular weight excluding hydrogens is 218 g/mol. The summed E-state index contributed by atoms with van der Waals surface area (Å²) in [6.45, 7) is 6.27. The fourth-order valence-corrected chi connectivity index (χ4v) is 2.14. The van der Waals surface area contributed by atoms with Crippen LogP contribution in [0.25, 0.3) is 0 Å². The van der Waals surface area contributed by atoms with Crippen molar-refractivity contribution >= 4 is 24.0 Å². The van der Waals surface area contributed by atoms with Crippen LogP contribution in [0.15, 0.2) is 0 Å². The summed E-state index contributed by atoms with van der Waals surface area (Å²) in [5, 5.41) is 0. The highest BCUT2D eigenvalue weighted by Gasteiger charge is 2.26. The van der Waals surface area contributed by atoms with Crippen LogP contribution in [0.2, 0.25) is 25.7 Å². The SMILES string of the molecule is C[Si](C)(C)CCC(F)(F)Br. The predicted molar refractivity (Wildman–Crippen MR) is 46.6 cm³/mol. The molecule has 4 heteroatoms. The molecule has 0 unspecified atom stereocenters. The molecular formula is C6H13BrF2Si. The number of hydrogen-bond acceptors (Lipinski definition) is 0. The van der Waals surface area contributed by atoms with Gasteiger partial charge in [0.15, 0.2) is 0 Å². The zero-order valence-corrected chi connectivity index (χ0v) is 9.13. The third-order valence-electron chi connectivity index (χ3n) is 1.16. The van der Waals surface area contributed by atoms with Crippen LogP contribution in [0.1, 0.15) is 6.42 Å². The minimum atomic E-state index is -2.65. The molecule has 0 amide bonds. The maximum Gasteiger partial charge on any atom is 0.301 e. The summed E-state index contributed by atoms with van der Waals surface area (Å²) >= 11 is 2.32. The quantitative estimate of drug-likeness (QED) is 0.513. The van der Waals surface area contributed by atoms with Crippen molar-refractivity contribution in [1.82, 2.24) is 0 Å². The van der Waals surface area contributed by atoms with Crippen LogP contribution in [-0.2, 0) is 0 Å². The third kappa shape index (κ3) is 8.56. The maximum absolute atomic E-state index is 12.2. The van der Waals surface area contributed by atoms with E-state index in [0.717, 1.165) is 0 Å². The summed E-state index contributed by atoms with van der Waals surface area (Å²) in [5.41, 5.74) is 0. The van der Waals surface area contributed by atoms with Gasteiger partial charge in [-0.1, -0.05) is 25.7 Å². The van der Waals surface area contributed by atoms with Gasteiger partial charge in [-0.25, -0.2) is 0 Å². The van der Waals surface area contributed by atoms with Gasteiger partial charge < -0.3 is 0 Å². The molecule has 10 heavy (non-hydrogen) atoms. The van der Waals surface area contributed by atoms with Crippen LogP contribution in [-0.4, -0.2) is 12.9 Å². The zero-order valence-electron chi connectivity index (χ0n) is 6.55. The van der Waals surface area contributed by atoms with Gasteiger partial charge in [0.05, 0.1) is 0 Å². The smallest absolute Gasteiger partial charge is 0.194 e. The fourth-order valence-electron chi connectivity index (χ4n) is 0.517. The van der Waals surface area contributed by atoms with Gasteiger partial charge >= 0.3 is 4.83 Å². The molecule has 0 radical (unpaired) electrons. The molecule has 0 atom stereocenters. The van der Waals surface area contributed by atoms with Crippen molar-refractivity contribution in [3.8, 4) is 0 Å². The van der Waals surface area contributed by atoms with Gasteiger partial charge in [-0.2, -0.15) is 8.78 Å². The Morgan fingerprint density at radius 2 is 1.70 bits per heavy atom. The van der Waals surface area contributed by atoms with Gasteiger partial charge in [-0.3, -0.25) is 0 Å². The Labute approximate surface area is 70.1 Å². The van der Waals surface area contributed by atoms with E-state index in [1.807, 2.05) is 0 Å². The van der Waals surface area contributed by atoms with Crippen LogP contribution in [0.3, 0.4) is 0 Å². The minimum absolute atomic E-state index is 0.0251. The average Bonchev–Trinajstić information content (AvgIpc) is 1.57. The lowest BCUT2D eigenvalue weighted by Gasteiger charge is -2.17. The van der Waals surface area contributed by atoms with E-state index >= 15 is 0 Å². The lowest BCUT2D eigenvalue weighted by molar-refractivity contribution is 0.110. The van der Waals surface area contributed by atoms with Crippen molar-refractivity contribution in [2.75, 3.05) is 0 Å². The number of halogens is 3. The second-order valence-electron chi connectivity index (χ2n) is 3.68. The van der Waals surface area contributed by atoms with E-state index in [2.05, 4.69) is 35.6 Å². The first-order valence-electron chi connectivity index (χ1n) is 3.27. The number of alkyl halides is 3. The molecule has 0 saturated heterocycles. The Hall–Kier alpha value is 0.557. The third-order valence-corrected chi connectivity index (χ3v) is 3.30. The summed E-state index contributed by atoms with van der Waals surface area (Å²) in [5.74, 6) is 0. The van der Waals surface area contributed by atoms with Gasteiger partial charge in [-0.05, 0) is 15.9 Å². The molecule has 0 aromatic rings. The van der Waals surface area contributed by atoms with E-state index in [0.29, 0.717) is 6.04 Å². The Bertz CT molecular complexity index is 89.3. The van der Waals surface area contributed by atoms with E-state index < -0.39 is 12.9 Å². The number of rotatable bonds is 3. The topological polar surface area (TPSA) is 0 Å². The minimum Gasteiger partial charge on any atom is -0.194 e. The first kappa shape index (κ1) is 10.6. The van der Waals surface area contributed by atoms with E-state index in [1.165, 1.54) is 0 Å². The van der Waals surface area contributed by atoms with Gasteiger partial charge in [0.2, 0.25) is 0 Å². The fraction of sp³-hybridized carbons (Fsp3) is 1.00. The summed E-state index contributed by atoms with van der Waals surface area (Å²) in [6, 6.07) is 0.672. The van der Waals surface area contributed by atoms with Crippen molar-refractivity contribution in [3.05, 3.63) is 0 Å². The second-order valence-corrected chi connectivity index (χ2v) is 10.5. The molecule has 0 nitrogen and oxygen atoms in total. The maximum atomic E-state index is 12.2. The van der Waals surface area contributed by atoms with Crippen LogP contribution >= 0.6 is 15.9 Å². The van der Waals surface area contributed by atoms with Crippen molar-refractivity contribution in [2.24, 2.45) is 0 Å². The summed E-state index contributed by atoms with van der Waals surface area (Å²) in [4.78, 5) is -2.65. The van der Waals surface area contributed by atoms with Gasteiger partial charge in [-0.15, -0.1) is 0 Å². The lowest BCUT2D eigenvalue weighted by Crippen LogP contribution is -2.22. The molecule has 0 spiro atoms. The Kier molecular flexibility index (Phi) is 3.49. The highest BCUT2D eigenvalue weighted by molar-refractivity contribution is 9.09. The normalized spacial score (nSPS) is 13.8. The summed E-state index contributed by atoms with van der Waals surface area (Å²) in [6.07, 6.45) is -0.0251. The largest absolute Gasteiger partial charge is 0.301 e. The first-order chi connectivity index (χ1) is 4.21. The predicted octanol–water partition coefficient (Wildman–Crippen LogP) is 3.70. The lowest BCUT2D eigenvalue weighted by atomic mass is 10.5. The highest BCUT2D eigenvalue weighted by atomic mass is 79.9. The van der Waals surface area contributed by atoms with Gasteiger partial charge in [0.1, 0.15) is 0 Å². The number of hydrogen-bond donors (Lipinski definition) is 0. The Morgan fingerprint density at radius 3 is 1.80 bits per heavy atom. The Balaban J connectivity index is 3.56. The van der Waals surface area contributed by atoms with E-state index in [1.54, 1.807) is 0 Å². The molecule has 0 N–H and O–H groups in total. The van der Waals surface area contributed by atoms with Crippen LogP contribution in [0, 0.1) is 0 Å². The second kappa shape index (κ2) is 3.30.